The van der Waals surface area contributed by atoms with Gasteiger partial charge in [0.2, 0.25) is 0 Å². The van der Waals surface area contributed by atoms with Crippen LogP contribution in [0.2, 0.25) is 0 Å². The van der Waals surface area contributed by atoms with Gasteiger partial charge in [0.15, 0.2) is 5.96 Å². The molecular weight excluding hydrogens is 527 g/mol. The van der Waals surface area contributed by atoms with Crippen molar-refractivity contribution < 1.29 is 4.74 Å². The van der Waals surface area contributed by atoms with Crippen molar-refractivity contribution >= 4 is 35.6 Å². The number of guanidine groups is 1. The number of nitrogens with one attached hydrogen (secondary N) is 1. The summed E-state index contributed by atoms with van der Waals surface area (Å²) < 4.78 is 5.30. The van der Waals surface area contributed by atoms with E-state index in [1.165, 1.54) is 64.0 Å². The molecule has 3 saturated heterocycles. The zero-order chi connectivity index (χ0) is 22.4. The van der Waals surface area contributed by atoms with Crippen LogP contribution in [0.25, 0.3) is 0 Å². The van der Waals surface area contributed by atoms with Crippen LogP contribution in [0.15, 0.2) is 29.3 Å². The van der Waals surface area contributed by atoms with Gasteiger partial charge in [0, 0.05) is 51.0 Å². The standard InChI is InChI=1S/C25H42N6O.HI/c1-26-24(30-19-17-29(18-20-30)22-7-9-23(32-3)10-8-22)27-21-25(11-15-28(2)16-12-25)31-13-5-4-6-14-31;/h7-10H,4-6,11-21H2,1-3H3,(H,26,27);1H. The molecule has 1 aromatic rings. The molecule has 8 heteroatoms. The van der Waals surface area contributed by atoms with Crippen LogP contribution < -0.4 is 15.0 Å². The van der Waals surface area contributed by atoms with Crippen LogP contribution in [-0.4, -0.2) is 106 Å². The van der Waals surface area contributed by atoms with Gasteiger partial charge in [-0.25, -0.2) is 0 Å². The Labute approximate surface area is 217 Å². The second kappa shape index (κ2) is 12.4. The Balaban J connectivity index is 0.00000306. The first-order chi connectivity index (χ1) is 15.6. The molecule has 3 aliphatic heterocycles. The number of anilines is 1. The van der Waals surface area contributed by atoms with Gasteiger partial charge in [0.05, 0.1) is 7.11 Å². The highest BCUT2D eigenvalue weighted by Gasteiger charge is 2.40. The summed E-state index contributed by atoms with van der Waals surface area (Å²) in [5.74, 6) is 1.98. The van der Waals surface area contributed by atoms with Gasteiger partial charge in [0.25, 0.3) is 0 Å². The summed E-state index contributed by atoms with van der Waals surface area (Å²) in [6.45, 7) is 9.90. The predicted molar refractivity (Wildman–Crippen MR) is 148 cm³/mol. The molecule has 0 saturated carbocycles. The quantitative estimate of drug-likeness (QED) is 0.334. The number of benzene rings is 1. The second-order valence-corrected chi connectivity index (χ2v) is 9.65. The fraction of sp³-hybridized carbons (Fsp3) is 0.720. The van der Waals surface area contributed by atoms with Gasteiger partial charge in [-0.1, -0.05) is 6.42 Å². The Bertz CT molecular complexity index is 736. The number of halogens is 1. The van der Waals surface area contributed by atoms with E-state index in [2.05, 4.69) is 49.1 Å². The molecule has 1 aromatic carbocycles. The van der Waals surface area contributed by atoms with Gasteiger partial charge in [-0.15, -0.1) is 24.0 Å². The van der Waals surface area contributed by atoms with Crippen LogP contribution in [0.3, 0.4) is 0 Å². The second-order valence-electron chi connectivity index (χ2n) is 9.65. The van der Waals surface area contributed by atoms with E-state index in [1.54, 1.807) is 7.11 Å². The van der Waals surface area contributed by atoms with E-state index in [1.807, 2.05) is 19.2 Å². The normalized spacial score (nSPS) is 22.6. The van der Waals surface area contributed by atoms with Gasteiger partial charge in [-0.3, -0.25) is 9.89 Å². The van der Waals surface area contributed by atoms with Crippen molar-refractivity contribution in [3.63, 3.8) is 0 Å². The third kappa shape index (κ3) is 6.45. The zero-order valence-electron chi connectivity index (χ0n) is 20.8. The average molecular weight is 571 g/mol. The molecule has 3 fully saturated rings. The van der Waals surface area contributed by atoms with E-state index in [0.29, 0.717) is 0 Å². The Morgan fingerprint density at radius 3 is 2.15 bits per heavy atom. The maximum Gasteiger partial charge on any atom is 0.193 e. The number of piperazine rings is 1. The number of hydrogen-bond donors (Lipinski definition) is 1. The average Bonchev–Trinajstić information content (AvgIpc) is 2.87. The minimum Gasteiger partial charge on any atom is -0.497 e. The van der Waals surface area contributed by atoms with Crippen LogP contribution >= 0.6 is 24.0 Å². The number of piperidine rings is 2. The van der Waals surface area contributed by atoms with E-state index in [9.17, 15) is 0 Å². The first-order valence-electron chi connectivity index (χ1n) is 12.4. The Morgan fingerprint density at radius 1 is 0.939 bits per heavy atom. The molecular formula is C25H43IN6O. The van der Waals surface area contributed by atoms with Crippen molar-refractivity contribution in [1.29, 1.82) is 0 Å². The minimum absolute atomic E-state index is 0. The van der Waals surface area contributed by atoms with Gasteiger partial charge in [-0.2, -0.15) is 0 Å². The molecule has 3 heterocycles. The first kappa shape index (κ1) is 26.3. The van der Waals surface area contributed by atoms with Crippen LogP contribution in [0.4, 0.5) is 5.69 Å². The first-order valence-corrected chi connectivity index (χ1v) is 12.4. The third-order valence-electron chi connectivity index (χ3n) is 7.75. The van der Waals surface area contributed by atoms with E-state index < -0.39 is 0 Å². The molecule has 3 aliphatic rings. The number of ether oxygens (including phenoxy) is 1. The molecule has 1 N–H and O–H groups in total. The summed E-state index contributed by atoms with van der Waals surface area (Å²) in [4.78, 5) is 14.8. The van der Waals surface area contributed by atoms with Crippen LogP contribution in [0.1, 0.15) is 32.1 Å². The maximum absolute atomic E-state index is 5.30. The van der Waals surface area contributed by atoms with E-state index >= 15 is 0 Å². The molecule has 0 amide bonds. The summed E-state index contributed by atoms with van der Waals surface area (Å²) in [6, 6.07) is 8.40. The van der Waals surface area contributed by atoms with Crippen LogP contribution in [0, 0.1) is 0 Å². The van der Waals surface area contributed by atoms with E-state index in [-0.39, 0.29) is 29.5 Å². The molecule has 0 unspecified atom stereocenters. The minimum atomic E-state index is 0. The number of methoxy groups -OCH3 is 1. The van der Waals surface area contributed by atoms with Gasteiger partial charge >= 0.3 is 0 Å². The van der Waals surface area contributed by atoms with Crippen LogP contribution in [-0.2, 0) is 0 Å². The van der Waals surface area contributed by atoms with Gasteiger partial charge in [-0.05, 0) is 83.2 Å². The molecule has 33 heavy (non-hydrogen) atoms. The number of nitrogens with zero attached hydrogens (tertiary/aromatic N) is 5. The fourth-order valence-electron chi connectivity index (χ4n) is 5.55. The lowest BCUT2D eigenvalue weighted by Gasteiger charge is -2.50. The van der Waals surface area contributed by atoms with Gasteiger partial charge in [0.1, 0.15) is 5.75 Å². The molecule has 0 aliphatic carbocycles. The molecule has 0 radical (unpaired) electrons. The Morgan fingerprint density at radius 2 is 1.58 bits per heavy atom. The molecule has 7 nitrogen and oxygen atoms in total. The summed E-state index contributed by atoms with van der Waals surface area (Å²) >= 11 is 0. The van der Waals surface area contributed by atoms with Crippen molar-refractivity contribution in [1.82, 2.24) is 20.0 Å². The lowest BCUT2D eigenvalue weighted by Crippen LogP contribution is -2.63. The third-order valence-corrected chi connectivity index (χ3v) is 7.75. The predicted octanol–water partition coefficient (Wildman–Crippen LogP) is 2.96. The van der Waals surface area contributed by atoms with E-state index in [4.69, 9.17) is 4.74 Å². The lowest BCUT2D eigenvalue weighted by molar-refractivity contribution is 0.0169. The Kier molecular flexibility index (Phi) is 9.94. The van der Waals surface area contributed by atoms with Gasteiger partial charge < -0.3 is 24.8 Å². The molecule has 0 atom stereocenters. The SMILES string of the molecule is CN=C(NCC1(N2CCCCC2)CCN(C)CC1)N1CCN(c2ccc(OC)cc2)CC1.I. The molecule has 4 rings (SSSR count). The number of aliphatic imine (C=N–C) groups is 1. The van der Waals surface area contributed by atoms with Crippen molar-refractivity contribution in [2.75, 3.05) is 85.0 Å². The smallest absolute Gasteiger partial charge is 0.193 e. The number of hydrogen-bond acceptors (Lipinski definition) is 5. The van der Waals surface area contributed by atoms with Crippen molar-refractivity contribution in [3.8, 4) is 5.75 Å². The van der Waals surface area contributed by atoms with E-state index in [0.717, 1.165) is 44.4 Å². The van der Waals surface area contributed by atoms with Crippen LogP contribution in [0.5, 0.6) is 5.75 Å². The summed E-state index contributed by atoms with van der Waals surface area (Å²) in [5.41, 5.74) is 1.54. The van der Waals surface area contributed by atoms with Crippen molar-refractivity contribution in [2.24, 2.45) is 4.99 Å². The highest BCUT2D eigenvalue weighted by Crippen LogP contribution is 2.31. The van der Waals surface area contributed by atoms with Crippen molar-refractivity contribution in [2.45, 2.75) is 37.6 Å². The zero-order valence-corrected chi connectivity index (χ0v) is 23.1. The Hall–Kier alpha value is -1.26. The van der Waals surface area contributed by atoms with Crippen molar-refractivity contribution in [3.05, 3.63) is 24.3 Å². The number of rotatable bonds is 5. The summed E-state index contributed by atoms with van der Waals surface area (Å²) in [5, 5.41) is 3.81. The maximum atomic E-state index is 5.30. The number of likely N-dealkylation sites (tertiary alicyclic amines) is 2. The summed E-state index contributed by atoms with van der Waals surface area (Å²) in [7, 11) is 5.91. The lowest BCUT2D eigenvalue weighted by atomic mass is 9.84. The summed E-state index contributed by atoms with van der Waals surface area (Å²) in [6.07, 6.45) is 6.58. The molecule has 186 valence electrons. The molecule has 0 aromatic heterocycles. The topological polar surface area (TPSA) is 46.6 Å². The largest absolute Gasteiger partial charge is 0.497 e. The monoisotopic (exact) mass is 570 g/mol. The fourth-order valence-corrected chi connectivity index (χ4v) is 5.55. The highest BCUT2D eigenvalue weighted by atomic mass is 127. The highest BCUT2D eigenvalue weighted by molar-refractivity contribution is 14.0. The molecule has 0 spiro atoms. The molecule has 0 bridgehead atoms.